The van der Waals surface area contributed by atoms with Crippen molar-refractivity contribution in [2.24, 2.45) is 0 Å². The molecule has 2 aliphatic heterocycles. The number of rotatable bonds is 4. The highest BCUT2D eigenvalue weighted by atomic mass is 19.1. The number of halogens is 1. The molecule has 0 aromatic heterocycles. The average molecular weight is 396 g/mol. The standard InChI is InChI=1S/C22H25FN4O2/c1-3-26-9-10-27(13-20(26)28)16-6-4-5-15(11-16)24-22(29)19-12-17-18(23)8-7-14(2)21(17)25-19/h4-8,11,19,25H,3,9-10,12-13H2,1-2H3,(H,24,29). The smallest absolute Gasteiger partial charge is 0.247 e. The molecule has 2 heterocycles. The summed E-state index contributed by atoms with van der Waals surface area (Å²) in [6.45, 7) is 6.39. The molecule has 2 aliphatic rings. The van der Waals surface area contributed by atoms with Gasteiger partial charge < -0.3 is 20.4 Å². The Kier molecular flexibility index (Phi) is 5.13. The van der Waals surface area contributed by atoms with E-state index < -0.39 is 6.04 Å². The zero-order chi connectivity index (χ0) is 20.5. The number of nitrogens with one attached hydrogen (secondary N) is 2. The Bertz CT molecular complexity index is 931. The molecule has 0 aliphatic carbocycles. The number of fused-ring (bicyclic) bond motifs is 1. The van der Waals surface area contributed by atoms with Gasteiger partial charge in [0, 0.05) is 48.7 Å². The van der Waals surface area contributed by atoms with Crippen molar-refractivity contribution in [3.63, 3.8) is 0 Å². The van der Waals surface area contributed by atoms with Gasteiger partial charge in [-0.05, 0) is 43.7 Å². The van der Waals surface area contributed by atoms with Gasteiger partial charge in [0.15, 0.2) is 0 Å². The number of carbonyl (C=O) groups is 2. The Morgan fingerprint density at radius 3 is 2.83 bits per heavy atom. The van der Waals surface area contributed by atoms with Crippen molar-refractivity contribution in [2.75, 3.05) is 41.7 Å². The fraction of sp³-hybridized carbons (Fsp3) is 0.364. The summed E-state index contributed by atoms with van der Waals surface area (Å²) >= 11 is 0. The van der Waals surface area contributed by atoms with E-state index in [4.69, 9.17) is 0 Å². The third-order valence-electron chi connectivity index (χ3n) is 5.69. The van der Waals surface area contributed by atoms with Crippen LogP contribution in [0.2, 0.25) is 0 Å². The highest BCUT2D eigenvalue weighted by Crippen LogP contribution is 2.32. The van der Waals surface area contributed by atoms with Crippen molar-refractivity contribution < 1.29 is 14.0 Å². The predicted octanol–water partition coefficient (Wildman–Crippen LogP) is 2.78. The highest BCUT2D eigenvalue weighted by molar-refractivity contribution is 5.98. The van der Waals surface area contributed by atoms with E-state index in [0.717, 1.165) is 24.3 Å². The van der Waals surface area contributed by atoms with Gasteiger partial charge in [0.1, 0.15) is 11.9 Å². The molecule has 2 N–H and O–H groups in total. The first kappa shape index (κ1) is 19.2. The molecule has 0 spiro atoms. The molecule has 29 heavy (non-hydrogen) atoms. The molecular formula is C22H25FN4O2. The number of hydrogen-bond acceptors (Lipinski definition) is 4. The largest absolute Gasteiger partial charge is 0.373 e. The summed E-state index contributed by atoms with van der Waals surface area (Å²) in [4.78, 5) is 28.8. The SMILES string of the molecule is CCN1CCN(c2cccc(NC(=O)C3Cc4c(F)ccc(C)c4N3)c2)CC1=O. The number of hydrogen-bond donors (Lipinski definition) is 2. The van der Waals surface area contributed by atoms with Crippen molar-refractivity contribution in [2.45, 2.75) is 26.3 Å². The zero-order valence-corrected chi connectivity index (χ0v) is 16.7. The second-order valence-electron chi connectivity index (χ2n) is 7.55. The lowest BCUT2D eigenvalue weighted by molar-refractivity contribution is -0.130. The van der Waals surface area contributed by atoms with Crippen LogP contribution in [0.1, 0.15) is 18.1 Å². The number of benzene rings is 2. The Morgan fingerprint density at radius 2 is 2.10 bits per heavy atom. The molecular weight excluding hydrogens is 371 g/mol. The van der Waals surface area contributed by atoms with E-state index >= 15 is 0 Å². The van der Waals surface area contributed by atoms with Crippen molar-refractivity contribution >= 4 is 28.9 Å². The minimum Gasteiger partial charge on any atom is -0.373 e. The van der Waals surface area contributed by atoms with Crippen LogP contribution in [0.5, 0.6) is 0 Å². The molecule has 0 radical (unpaired) electrons. The van der Waals surface area contributed by atoms with Crippen LogP contribution in [0.4, 0.5) is 21.5 Å². The summed E-state index contributed by atoms with van der Waals surface area (Å²) in [5, 5.41) is 6.07. The van der Waals surface area contributed by atoms with Gasteiger partial charge in [0.25, 0.3) is 0 Å². The Hall–Kier alpha value is -3.09. The fourth-order valence-corrected chi connectivity index (χ4v) is 4.00. The van der Waals surface area contributed by atoms with Crippen molar-refractivity contribution in [1.29, 1.82) is 0 Å². The van der Waals surface area contributed by atoms with E-state index in [1.165, 1.54) is 6.07 Å². The van der Waals surface area contributed by atoms with E-state index in [2.05, 4.69) is 10.6 Å². The molecule has 1 saturated heterocycles. The van der Waals surface area contributed by atoms with Crippen LogP contribution in [0.25, 0.3) is 0 Å². The minimum atomic E-state index is -0.515. The van der Waals surface area contributed by atoms with Gasteiger partial charge in [0.05, 0.1) is 6.54 Å². The summed E-state index contributed by atoms with van der Waals surface area (Å²) in [5.74, 6) is -0.381. The van der Waals surface area contributed by atoms with Gasteiger partial charge in [-0.15, -0.1) is 0 Å². The minimum absolute atomic E-state index is 0.110. The first-order chi connectivity index (χ1) is 14.0. The molecule has 1 unspecified atom stereocenters. The van der Waals surface area contributed by atoms with Gasteiger partial charge in [-0.2, -0.15) is 0 Å². The average Bonchev–Trinajstić information content (AvgIpc) is 3.18. The number of aryl methyl sites for hydroxylation is 1. The zero-order valence-electron chi connectivity index (χ0n) is 16.7. The maximum atomic E-state index is 14.1. The molecule has 2 aromatic rings. The molecule has 6 nitrogen and oxygen atoms in total. The van der Waals surface area contributed by atoms with E-state index in [9.17, 15) is 14.0 Å². The molecule has 4 rings (SSSR count). The van der Waals surface area contributed by atoms with Crippen LogP contribution in [0.3, 0.4) is 0 Å². The maximum Gasteiger partial charge on any atom is 0.247 e. The van der Waals surface area contributed by atoms with Crippen LogP contribution in [-0.2, 0) is 16.0 Å². The summed E-state index contributed by atoms with van der Waals surface area (Å²) in [6, 6.07) is 10.1. The first-order valence-electron chi connectivity index (χ1n) is 9.94. The van der Waals surface area contributed by atoms with Gasteiger partial charge in [-0.1, -0.05) is 12.1 Å². The number of amides is 2. The third kappa shape index (κ3) is 3.77. The third-order valence-corrected chi connectivity index (χ3v) is 5.69. The highest BCUT2D eigenvalue weighted by Gasteiger charge is 2.30. The van der Waals surface area contributed by atoms with Crippen LogP contribution in [0, 0.1) is 12.7 Å². The van der Waals surface area contributed by atoms with Crippen LogP contribution < -0.4 is 15.5 Å². The first-order valence-corrected chi connectivity index (χ1v) is 9.94. The molecule has 7 heteroatoms. The second-order valence-corrected chi connectivity index (χ2v) is 7.55. The van der Waals surface area contributed by atoms with E-state index in [-0.39, 0.29) is 17.6 Å². The summed E-state index contributed by atoms with van der Waals surface area (Å²) in [7, 11) is 0. The van der Waals surface area contributed by atoms with Crippen molar-refractivity contribution in [1.82, 2.24) is 4.90 Å². The Balaban J connectivity index is 1.44. The summed E-state index contributed by atoms with van der Waals surface area (Å²) in [6.07, 6.45) is 0.321. The molecule has 1 atom stereocenters. The molecule has 2 amide bonds. The molecule has 0 bridgehead atoms. The second kappa shape index (κ2) is 7.73. The van der Waals surface area contributed by atoms with Crippen LogP contribution in [0.15, 0.2) is 36.4 Å². The lowest BCUT2D eigenvalue weighted by Crippen LogP contribution is -2.50. The number of anilines is 3. The van der Waals surface area contributed by atoms with Gasteiger partial charge in [-0.3, -0.25) is 9.59 Å². The Morgan fingerprint density at radius 1 is 1.28 bits per heavy atom. The van der Waals surface area contributed by atoms with Crippen LogP contribution in [-0.4, -0.2) is 48.9 Å². The van der Waals surface area contributed by atoms with Gasteiger partial charge >= 0.3 is 0 Å². The van der Waals surface area contributed by atoms with E-state index in [1.54, 1.807) is 6.07 Å². The fourth-order valence-electron chi connectivity index (χ4n) is 4.00. The van der Waals surface area contributed by atoms with Crippen LogP contribution >= 0.6 is 0 Å². The van der Waals surface area contributed by atoms with Crippen molar-refractivity contribution in [3.05, 3.63) is 53.3 Å². The number of carbonyl (C=O) groups excluding carboxylic acids is 2. The topological polar surface area (TPSA) is 64.7 Å². The normalized spacial score (nSPS) is 18.4. The number of nitrogens with zero attached hydrogens (tertiary/aromatic N) is 2. The molecule has 152 valence electrons. The molecule has 1 fully saturated rings. The van der Waals surface area contributed by atoms with E-state index in [1.807, 2.05) is 47.9 Å². The van der Waals surface area contributed by atoms with Crippen molar-refractivity contribution in [3.8, 4) is 0 Å². The quantitative estimate of drug-likeness (QED) is 0.834. The summed E-state index contributed by atoms with van der Waals surface area (Å²) < 4.78 is 14.1. The van der Waals surface area contributed by atoms with Gasteiger partial charge in [-0.25, -0.2) is 4.39 Å². The number of piperazine rings is 1. The monoisotopic (exact) mass is 396 g/mol. The number of likely N-dealkylation sites (N-methyl/N-ethyl adjacent to an activating group) is 1. The lowest BCUT2D eigenvalue weighted by Gasteiger charge is -2.35. The maximum absolute atomic E-state index is 14.1. The lowest BCUT2D eigenvalue weighted by atomic mass is 10.1. The van der Waals surface area contributed by atoms with E-state index in [0.29, 0.717) is 36.4 Å². The molecule has 2 aromatic carbocycles. The predicted molar refractivity (Wildman–Crippen MR) is 112 cm³/mol. The summed E-state index contributed by atoms with van der Waals surface area (Å²) in [5.41, 5.74) is 3.76. The Labute approximate surface area is 169 Å². The van der Waals surface area contributed by atoms with Gasteiger partial charge in [0.2, 0.25) is 11.8 Å². The molecule has 0 saturated carbocycles.